The van der Waals surface area contributed by atoms with Gasteiger partial charge >= 0.3 is 6.18 Å². The molecule has 2 unspecified atom stereocenters. The van der Waals surface area contributed by atoms with Crippen molar-refractivity contribution in [2.24, 2.45) is 0 Å². The number of hydrogen-bond acceptors (Lipinski definition) is 10. The van der Waals surface area contributed by atoms with Gasteiger partial charge in [0.1, 0.15) is 23.7 Å². The maximum atomic E-state index is 15.1. The molecule has 2 aromatic carbocycles. The maximum Gasteiger partial charge on any atom is 0.419 e. The molecule has 3 aromatic rings. The number of piperidine rings is 1. The van der Waals surface area contributed by atoms with Crippen molar-refractivity contribution in [1.29, 1.82) is 0 Å². The van der Waals surface area contributed by atoms with E-state index in [4.69, 9.17) is 9.57 Å². The molecule has 4 heterocycles. The number of ether oxygens (including phenoxy) is 1. The standard InChI is InChI=1S/C37H44F4N8O3/c1-4-35(50)45-28-18-29(32(51-3)19-31(28)46-13-10-24(11-14-46)47-15-16-48(23(2)21-47)25-8-9-25)44-33-20-34(43-22-42-33)49-30(12-17-52-49)26-6-5-7-27(36(26)38)37(39,40)41/h4-7,18-20,22-25,30H,1,8-17,21H2,2-3H3,(H,45,50)(H,42,43,44). The van der Waals surface area contributed by atoms with Gasteiger partial charge in [0.15, 0.2) is 5.82 Å². The second-order valence-electron chi connectivity index (χ2n) is 13.9. The molecule has 1 aliphatic carbocycles. The summed E-state index contributed by atoms with van der Waals surface area (Å²) in [5.41, 5.74) is 0.404. The van der Waals surface area contributed by atoms with Gasteiger partial charge in [-0.2, -0.15) is 13.2 Å². The molecule has 1 saturated carbocycles. The van der Waals surface area contributed by atoms with Gasteiger partial charge in [-0.3, -0.25) is 19.4 Å². The zero-order valence-electron chi connectivity index (χ0n) is 29.3. The number of carbonyl (C=O) groups excluding carboxylic acids is 1. The van der Waals surface area contributed by atoms with Crippen LogP contribution in [0.3, 0.4) is 0 Å². The molecule has 3 saturated heterocycles. The van der Waals surface area contributed by atoms with Crippen LogP contribution in [0.1, 0.15) is 56.2 Å². The molecule has 1 aromatic heterocycles. The van der Waals surface area contributed by atoms with E-state index >= 15 is 4.39 Å². The van der Waals surface area contributed by atoms with Gasteiger partial charge in [-0.1, -0.05) is 18.7 Å². The van der Waals surface area contributed by atoms with E-state index in [1.165, 1.54) is 42.4 Å². The molecule has 0 bridgehead atoms. The Morgan fingerprint density at radius 3 is 2.50 bits per heavy atom. The SMILES string of the molecule is C=CC(=O)Nc1cc(Nc2cc(N3OCCC3c3cccc(C(F)(F)F)c3F)ncn2)c(OC)cc1N1CCC(N2CCN(C3CC3)C(C)C2)CC1. The van der Waals surface area contributed by atoms with Gasteiger partial charge in [0.2, 0.25) is 5.91 Å². The van der Waals surface area contributed by atoms with Crippen molar-refractivity contribution in [3.05, 3.63) is 72.3 Å². The highest BCUT2D eigenvalue weighted by Gasteiger charge is 2.39. The maximum absolute atomic E-state index is 15.1. The van der Waals surface area contributed by atoms with Crippen molar-refractivity contribution < 1.29 is 31.9 Å². The van der Waals surface area contributed by atoms with Crippen LogP contribution in [0.4, 0.5) is 46.3 Å². The molecule has 7 rings (SSSR count). The molecule has 2 N–H and O–H groups in total. The summed E-state index contributed by atoms with van der Waals surface area (Å²) in [6, 6.07) is 9.44. The summed E-state index contributed by atoms with van der Waals surface area (Å²) in [5, 5.41) is 7.48. The van der Waals surface area contributed by atoms with E-state index in [1.54, 1.807) is 19.2 Å². The number of anilines is 5. The monoisotopic (exact) mass is 724 g/mol. The molecule has 15 heteroatoms. The zero-order valence-corrected chi connectivity index (χ0v) is 29.3. The predicted molar refractivity (Wildman–Crippen MR) is 190 cm³/mol. The Kier molecular flexibility index (Phi) is 10.3. The predicted octanol–water partition coefficient (Wildman–Crippen LogP) is 6.53. The van der Waals surface area contributed by atoms with E-state index in [0.29, 0.717) is 35.0 Å². The highest BCUT2D eigenvalue weighted by molar-refractivity contribution is 6.02. The van der Waals surface area contributed by atoms with Gasteiger partial charge in [-0.15, -0.1) is 0 Å². The Bertz CT molecular complexity index is 1780. The molecule has 0 radical (unpaired) electrons. The molecule has 3 aliphatic heterocycles. The summed E-state index contributed by atoms with van der Waals surface area (Å²) in [6.07, 6.45) is 2.56. The topological polar surface area (TPSA) is 98.3 Å². The number of rotatable bonds is 10. The van der Waals surface area contributed by atoms with E-state index in [-0.39, 0.29) is 30.3 Å². The second-order valence-corrected chi connectivity index (χ2v) is 13.9. The lowest BCUT2D eigenvalue weighted by Crippen LogP contribution is -2.57. The first kappa shape index (κ1) is 35.9. The minimum Gasteiger partial charge on any atom is -0.494 e. The van der Waals surface area contributed by atoms with Crippen molar-refractivity contribution in [3.63, 3.8) is 0 Å². The number of carbonyl (C=O) groups is 1. The van der Waals surface area contributed by atoms with Crippen LogP contribution >= 0.6 is 0 Å². The minimum atomic E-state index is -4.84. The van der Waals surface area contributed by atoms with Crippen LogP contribution in [-0.2, 0) is 15.8 Å². The lowest BCUT2D eigenvalue weighted by atomic mass is 9.99. The van der Waals surface area contributed by atoms with Crippen molar-refractivity contribution in [1.82, 2.24) is 19.8 Å². The van der Waals surface area contributed by atoms with Crippen molar-refractivity contribution >= 4 is 34.6 Å². The number of alkyl halides is 3. The number of aromatic nitrogens is 2. The largest absolute Gasteiger partial charge is 0.494 e. The molecule has 52 heavy (non-hydrogen) atoms. The van der Waals surface area contributed by atoms with Gasteiger partial charge in [-0.25, -0.2) is 19.4 Å². The summed E-state index contributed by atoms with van der Waals surface area (Å²) >= 11 is 0. The molecule has 1 amide bonds. The number of nitrogens with one attached hydrogen (secondary N) is 2. The van der Waals surface area contributed by atoms with Crippen molar-refractivity contribution in [2.45, 2.75) is 69.4 Å². The molecule has 4 aliphatic rings. The molecule has 4 fully saturated rings. The minimum absolute atomic E-state index is 0.143. The number of methoxy groups -OCH3 is 1. The van der Waals surface area contributed by atoms with Gasteiger partial charge < -0.3 is 20.3 Å². The van der Waals surface area contributed by atoms with Crippen LogP contribution in [0.25, 0.3) is 0 Å². The van der Waals surface area contributed by atoms with Gasteiger partial charge in [0.05, 0.1) is 42.4 Å². The Balaban J connectivity index is 1.09. The molecule has 278 valence electrons. The summed E-state index contributed by atoms with van der Waals surface area (Å²) < 4.78 is 61.4. The second kappa shape index (κ2) is 14.9. The van der Waals surface area contributed by atoms with E-state index in [2.05, 4.69) is 48.8 Å². The number of amides is 1. The number of benzene rings is 2. The first-order valence-electron chi connectivity index (χ1n) is 17.8. The average molecular weight is 725 g/mol. The van der Waals surface area contributed by atoms with Crippen LogP contribution in [-0.4, -0.2) is 90.2 Å². The molecule has 2 atom stereocenters. The lowest BCUT2D eigenvalue weighted by molar-refractivity contribution is -0.140. The fourth-order valence-corrected chi connectivity index (χ4v) is 7.81. The van der Waals surface area contributed by atoms with Gasteiger partial charge in [0.25, 0.3) is 0 Å². The normalized spacial score (nSPS) is 22.0. The van der Waals surface area contributed by atoms with Crippen LogP contribution in [0.5, 0.6) is 5.75 Å². The first-order chi connectivity index (χ1) is 25.0. The van der Waals surface area contributed by atoms with E-state index in [9.17, 15) is 18.0 Å². The summed E-state index contributed by atoms with van der Waals surface area (Å²) in [7, 11) is 1.55. The highest BCUT2D eigenvalue weighted by Crippen LogP contribution is 2.42. The van der Waals surface area contributed by atoms with Crippen LogP contribution in [0.2, 0.25) is 0 Å². The van der Waals surface area contributed by atoms with Crippen molar-refractivity contribution in [3.8, 4) is 5.75 Å². The lowest BCUT2D eigenvalue weighted by Gasteiger charge is -2.46. The summed E-state index contributed by atoms with van der Waals surface area (Å²) in [4.78, 5) is 34.5. The molecule has 11 nitrogen and oxygen atoms in total. The zero-order chi connectivity index (χ0) is 36.6. The smallest absolute Gasteiger partial charge is 0.419 e. The average Bonchev–Trinajstić information content (AvgIpc) is 3.86. The first-order valence-corrected chi connectivity index (χ1v) is 17.8. The number of hydrogen-bond donors (Lipinski definition) is 2. The number of nitrogens with zero attached hydrogens (tertiary/aromatic N) is 6. The van der Waals surface area contributed by atoms with E-state index in [0.717, 1.165) is 63.4 Å². The number of hydroxylamine groups is 1. The Labute approximate surface area is 300 Å². The fourth-order valence-electron chi connectivity index (χ4n) is 7.81. The third kappa shape index (κ3) is 7.53. The number of halogens is 4. The third-order valence-electron chi connectivity index (χ3n) is 10.5. The van der Waals surface area contributed by atoms with Gasteiger partial charge in [-0.05, 0) is 50.8 Å². The third-order valence-corrected chi connectivity index (χ3v) is 10.5. The Hall–Kier alpha value is -4.47. The van der Waals surface area contributed by atoms with Crippen LogP contribution < -0.4 is 25.3 Å². The quantitative estimate of drug-likeness (QED) is 0.178. The number of piperazine rings is 1. The fraction of sp³-hybridized carbons (Fsp3) is 0.486. The van der Waals surface area contributed by atoms with Crippen LogP contribution in [0, 0.1) is 5.82 Å². The summed E-state index contributed by atoms with van der Waals surface area (Å²) in [6.45, 7) is 11.1. The highest BCUT2D eigenvalue weighted by atomic mass is 19.4. The Morgan fingerprint density at radius 1 is 1.02 bits per heavy atom. The Morgan fingerprint density at radius 2 is 1.81 bits per heavy atom. The van der Waals surface area contributed by atoms with E-state index in [1.807, 2.05) is 6.07 Å². The molecular formula is C37H44F4N8O3. The van der Waals surface area contributed by atoms with Gasteiger partial charge in [0, 0.05) is 75.0 Å². The molecular weight excluding hydrogens is 680 g/mol. The van der Waals surface area contributed by atoms with Crippen LogP contribution in [0.15, 0.2) is 55.4 Å². The molecule has 0 spiro atoms. The summed E-state index contributed by atoms with van der Waals surface area (Å²) in [5.74, 6) is -0.669. The van der Waals surface area contributed by atoms with E-state index < -0.39 is 23.6 Å². The van der Waals surface area contributed by atoms with Crippen molar-refractivity contribution in [2.75, 3.05) is 67.0 Å².